The zero-order chi connectivity index (χ0) is 16.8. The molecule has 122 valence electrons. The SMILES string of the molecule is CCOC(=O)Nc1ccc(NCc2ccc(C)cc2F)nc1N. The largest absolute Gasteiger partial charge is 0.450 e. The van der Waals surface area contributed by atoms with Crippen LogP contribution in [0, 0.1) is 12.7 Å². The number of anilines is 3. The Balaban J connectivity index is 2.01. The quantitative estimate of drug-likeness (QED) is 0.787. The molecule has 0 bridgehead atoms. The Bertz CT molecular complexity index is 706. The average Bonchev–Trinajstić information content (AvgIpc) is 2.49. The summed E-state index contributed by atoms with van der Waals surface area (Å²) in [6.45, 7) is 4.08. The van der Waals surface area contributed by atoms with Crippen LogP contribution in [-0.2, 0) is 11.3 Å². The third-order valence-electron chi connectivity index (χ3n) is 3.11. The summed E-state index contributed by atoms with van der Waals surface area (Å²) in [4.78, 5) is 15.5. The lowest BCUT2D eigenvalue weighted by Gasteiger charge is -2.11. The zero-order valence-corrected chi connectivity index (χ0v) is 13.0. The third kappa shape index (κ3) is 4.57. The van der Waals surface area contributed by atoms with Crippen LogP contribution in [0.4, 0.5) is 26.5 Å². The molecule has 0 aliphatic carbocycles. The summed E-state index contributed by atoms with van der Waals surface area (Å²) < 4.78 is 18.5. The van der Waals surface area contributed by atoms with Gasteiger partial charge in [0.2, 0.25) is 0 Å². The zero-order valence-electron chi connectivity index (χ0n) is 13.0. The number of hydrogen-bond acceptors (Lipinski definition) is 5. The number of carbonyl (C=O) groups is 1. The normalized spacial score (nSPS) is 10.2. The van der Waals surface area contributed by atoms with Gasteiger partial charge in [-0.1, -0.05) is 12.1 Å². The van der Waals surface area contributed by atoms with Crippen molar-refractivity contribution in [3.8, 4) is 0 Å². The highest BCUT2D eigenvalue weighted by Crippen LogP contribution is 2.20. The van der Waals surface area contributed by atoms with Gasteiger partial charge in [0.25, 0.3) is 0 Å². The summed E-state index contributed by atoms with van der Waals surface area (Å²) in [5.74, 6) is 0.357. The maximum atomic E-state index is 13.8. The summed E-state index contributed by atoms with van der Waals surface area (Å²) in [5.41, 5.74) is 7.54. The van der Waals surface area contributed by atoms with Gasteiger partial charge in [0, 0.05) is 12.1 Å². The molecule has 2 aromatic rings. The van der Waals surface area contributed by atoms with Gasteiger partial charge in [-0.15, -0.1) is 0 Å². The van der Waals surface area contributed by atoms with Crippen LogP contribution in [0.5, 0.6) is 0 Å². The first-order valence-electron chi connectivity index (χ1n) is 7.18. The van der Waals surface area contributed by atoms with E-state index in [0.717, 1.165) is 5.56 Å². The Morgan fingerprint density at radius 1 is 1.35 bits per heavy atom. The minimum Gasteiger partial charge on any atom is -0.450 e. The molecule has 0 aliphatic heterocycles. The molecule has 0 radical (unpaired) electrons. The minimum absolute atomic E-state index is 0.146. The predicted molar refractivity (Wildman–Crippen MR) is 87.8 cm³/mol. The maximum absolute atomic E-state index is 13.8. The molecule has 0 spiro atoms. The molecule has 0 saturated heterocycles. The van der Waals surface area contributed by atoms with Crippen molar-refractivity contribution in [1.29, 1.82) is 0 Å². The molecule has 4 N–H and O–H groups in total. The molecule has 7 heteroatoms. The molecule has 0 atom stereocenters. The van der Waals surface area contributed by atoms with Gasteiger partial charge in [0.15, 0.2) is 0 Å². The second-order valence-corrected chi connectivity index (χ2v) is 4.92. The number of halogens is 1. The van der Waals surface area contributed by atoms with Crippen molar-refractivity contribution >= 4 is 23.4 Å². The Hall–Kier alpha value is -2.83. The predicted octanol–water partition coefficient (Wildman–Crippen LogP) is 3.29. The van der Waals surface area contributed by atoms with Crippen LogP contribution in [0.25, 0.3) is 0 Å². The summed E-state index contributed by atoms with van der Waals surface area (Å²) in [5, 5.41) is 5.48. The number of rotatable bonds is 5. The number of pyridine rings is 1. The maximum Gasteiger partial charge on any atom is 0.411 e. The average molecular weight is 318 g/mol. The number of nitrogens with one attached hydrogen (secondary N) is 2. The van der Waals surface area contributed by atoms with E-state index in [-0.39, 0.29) is 24.8 Å². The molecular formula is C16H19FN4O2. The van der Waals surface area contributed by atoms with Crippen molar-refractivity contribution in [2.45, 2.75) is 20.4 Å². The van der Waals surface area contributed by atoms with Gasteiger partial charge in [-0.3, -0.25) is 5.32 Å². The first-order valence-corrected chi connectivity index (χ1v) is 7.18. The van der Waals surface area contributed by atoms with Crippen molar-refractivity contribution in [1.82, 2.24) is 4.98 Å². The lowest BCUT2D eigenvalue weighted by atomic mass is 10.1. The summed E-state index contributed by atoms with van der Waals surface area (Å²) in [7, 11) is 0. The fraction of sp³-hybridized carbons (Fsp3) is 0.250. The first-order chi connectivity index (χ1) is 11.0. The molecule has 2 rings (SSSR count). The number of nitrogens with zero attached hydrogens (tertiary/aromatic N) is 1. The summed E-state index contributed by atoms with van der Waals surface area (Å²) >= 11 is 0. The van der Waals surface area contributed by atoms with Gasteiger partial charge in [0.1, 0.15) is 17.5 Å². The van der Waals surface area contributed by atoms with E-state index in [0.29, 0.717) is 17.1 Å². The molecular weight excluding hydrogens is 299 g/mol. The molecule has 23 heavy (non-hydrogen) atoms. The number of hydrogen-bond donors (Lipinski definition) is 3. The highest BCUT2D eigenvalue weighted by molar-refractivity contribution is 5.88. The Labute approximate surface area is 133 Å². The number of aromatic nitrogens is 1. The molecule has 1 heterocycles. The van der Waals surface area contributed by atoms with E-state index in [1.807, 2.05) is 13.0 Å². The second kappa shape index (κ2) is 7.44. The van der Waals surface area contributed by atoms with E-state index in [1.165, 1.54) is 6.07 Å². The number of nitrogen functional groups attached to an aromatic ring is 1. The Morgan fingerprint density at radius 2 is 2.13 bits per heavy atom. The van der Waals surface area contributed by atoms with E-state index in [2.05, 4.69) is 15.6 Å². The fourth-order valence-electron chi connectivity index (χ4n) is 1.94. The topological polar surface area (TPSA) is 89.3 Å². The van der Waals surface area contributed by atoms with Crippen molar-refractivity contribution < 1.29 is 13.9 Å². The second-order valence-electron chi connectivity index (χ2n) is 4.92. The van der Waals surface area contributed by atoms with Crippen molar-refractivity contribution in [3.63, 3.8) is 0 Å². The van der Waals surface area contributed by atoms with Crippen molar-refractivity contribution in [2.24, 2.45) is 0 Å². The van der Waals surface area contributed by atoms with E-state index in [4.69, 9.17) is 10.5 Å². The number of aryl methyl sites for hydroxylation is 1. The fourth-order valence-corrected chi connectivity index (χ4v) is 1.94. The van der Waals surface area contributed by atoms with Crippen LogP contribution in [0.1, 0.15) is 18.1 Å². The van der Waals surface area contributed by atoms with Crippen LogP contribution in [0.3, 0.4) is 0 Å². The molecule has 0 fully saturated rings. The first kappa shape index (κ1) is 16.5. The number of nitrogens with two attached hydrogens (primary N) is 1. The van der Waals surface area contributed by atoms with Gasteiger partial charge in [-0.25, -0.2) is 14.2 Å². The molecule has 0 unspecified atom stereocenters. The van der Waals surface area contributed by atoms with E-state index in [1.54, 1.807) is 25.1 Å². The third-order valence-corrected chi connectivity index (χ3v) is 3.11. The van der Waals surface area contributed by atoms with Gasteiger partial charge >= 0.3 is 6.09 Å². The monoisotopic (exact) mass is 318 g/mol. The highest BCUT2D eigenvalue weighted by Gasteiger charge is 2.08. The Morgan fingerprint density at radius 3 is 2.78 bits per heavy atom. The minimum atomic E-state index is -0.594. The lowest BCUT2D eigenvalue weighted by Crippen LogP contribution is -2.15. The van der Waals surface area contributed by atoms with Crippen molar-refractivity contribution in [2.75, 3.05) is 23.0 Å². The molecule has 1 aromatic heterocycles. The van der Waals surface area contributed by atoms with Crippen LogP contribution < -0.4 is 16.4 Å². The number of ether oxygens (including phenoxy) is 1. The van der Waals surface area contributed by atoms with Crippen LogP contribution in [-0.4, -0.2) is 17.7 Å². The highest BCUT2D eigenvalue weighted by atomic mass is 19.1. The lowest BCUT2D eigenvalue weighted by molar-refractivity contribution is 0.168. The van der Waals surface area contributed by atoms with Gasteiger partial charge in [-0.2, -0.15) is 0 Å². The van der Waals surface area contributed by atoms with Crippen LogP contribution in [0.15, 0.2) is 30.3 Å². The molecule has 1 aromatic carbocycles. The van der Waals surface area contributed by atoms with Gasteiger partial charge < -0.3 is 15.8 Å². The van der Waals surface area contributed by atoms with Crippen LogP contribution >= 0.6 is 0 Å². The standard InChI is InChI=1S/C16H19FN4O2/c1-3-23-16(22)20-13-6-7-14(21-15(13)18)19-9-11-5-4-10(2)8-12(11)17/h4-8H,3,9H2,1-2H3,(H,20,22)(H3,18,19,21). The van der Waals surface area contributed by atoms with E-state index < -0.39 is 6.09 Å². The van der Waals surface area contributed by atoms with Gasteiger partial charge in [-0.05, 0) is 37.6 Å². The van der Waals surface area contributed by atoms with E-state index >= 15 is 0 Å². The van der Waals surface area contributed by atoms with E-state index in [9.17, 15) is 9.18 Å². The molecule has 1 amide bonds. The van der Waals surface area contributed by atoms with Crippen LogP contribution in [0.2, 0.25) is 0 Å². The van der Waals surface area contributed by atoms with Crippen molar-refractivity contribution in [3.05, 3.63) is 47.3 Å². The molecule has 6 nitrogen and oxygen atoms in total. The Kier molecular flexibility index (Phi) is 5.35. The summed E-state index contributed by atoms with van der Waals surface area (Å²) in [6.07, 6.45) is -0.594. The van der Waals surface area contributed by atoms with Gasteiger partial charge in [0.05, 0.1) is 12.3 Å². The number of benzene rings is 1. The molecule has 0 saturated carbocycles. The smallest absolute Gasteiger partial charge is 0.411 e. The molecule has 0 aliphatic rings. The summed E-state index contributed by atoms with van der Waals surface area (Å²) in [6, 6.07) is 8.29. The number of amides is 1. The number of carbonyl (C=O) groups excluding carboxylic acids is 1.